The van der Waals surface area contributed by atoms with Crippen molar-refractivity contribution >= 4 is 19.8 Å². The minimum Gasteiger partial charge on any atom is -0.462 e. The Bertz CT molecular complexity index is 894. The molecule has 294 valence electrons. The molecule has 1 unspecified atom stereocenters. The molecule has 0 aromatic rings. The average Bonchev–Trinajstić information content (AvgIpc) is 3.10. The highest BCUT2D eigenvalue weighted by Gasteiger charge is 2.27. The molecule has 0 aromatic heterocycles. The predicted octanol–water partition coefficient (Wildman–Crippen LogP) is 9.83. The Morgan fingerprint density at radius 2 is 0.980 bits per heavy atom. The van der Waals surface area contributed by atoms with E-state index in [-0.39, 0.29) is 19.4 Å². The Hall–Kier alpha value is -1.55. The number of aliphatic hydroxyl groups excluding tert-OH is 2. The highest BCUT2D eigenvalue weighted by atomic mass is 31.2. The van der Waals surface area contributed by atoms with Crippen molar-refractivity contribution in [2.45, 2.75) is 187 Å². The van der Waals surface area contributed by atoms with Crippen molar-refractivity contribution in [3.63, 3.8) is 0 Å². The lowest BCUT2D eigenvalue weighted by Crippen LogP contribution is -2.29. The Kier molecular flexibility index (Phi) is 34.7. The van der Waals surface area contributed by atoms with Gasteiger partial charge in [0, 0.05) is 12.8 Å². The average molecular weight is 733 g/mol. The molecule has 10 nitrogen and oxygen atoms in total. The smallest absolute Gasteiger partial charge is 0.462 e. The topological polar surface area (TPSA) is 149 Å². The Labute approximate surface area is 304 Å². The zero-order valence-corrected chi connectivity index (χ0v) is 32.5. The van der Waals surface area contributed by atoms with E-state index >= 15 is 0 Å². The molecule has 0 aliphatic carbocycles. The third-order valence-electron chi connectivity index (χ3n) is 8.33. The summed E-state index contributed by atoms with van der Waals surface area (Å²) >= 11 is 0. The maximum Gasteiger partial charge on any atom is 0.472 e. The number of rotatable bonds is 37. The van der Waals surface area contributed by atoms with Crippen LogP contribution in [-0.2, 0) is 32.7 Å². The predicted molar refractivity (Wildman–Crippen MR) is 201 cm³/mol. The Morgan fingerprint density at radius 1 is 0.580 bits per heavy atom. The van der Waals surface area contributed by atoms with Crippen LogP contribution in [0.4, 0.5) is 0 Å². The lowest BCUT2D eigenvalue weighted by Gasteiger charge is -2.20. The summed E-state index contributed by atoms with van der Waals surface area (Å²) in [6, 6.07) is 0. The van der Waals surface area contributed by atoms with Gasteiger partial charge in [-0.1, -0.05) is 122 Å². The van der Waals surface area contributed by atoms with Crippen molar-refractivity contribution in [1.29, 1.82) is 0 Å². The molecular formula is C39H73O10P. The molecule has 3 N–H and O–H groups in total. The maximum absolute atomic E-state index is 12.6. The van der Waals surface area contributed by atoms with Crippen LogP contribution in [-0.4, -0.2) is 65.7 Å². The van der Waals surface area contributed by atoms with Crippen LogP contribution in [0.2, 0.25) is 0 Å². The molecule has 0 fully saturated rings. The van der Waals surface area contributed by atoms with Gasteiger partial charge in [-0.2, -0.15) is 0 Å². The molecule has 0 saturated carbocycles. The maximum atomic E-state index is 12.6. The number of unbranched alkanes of at least 4 members (excludes halogenated alkanes) is 19. The third kappa shape index (κ3) is 34.9. The second-order valence-electron chi connectivity index (χ2n) is 13.3. The molecule has 50 heavy (non-hydrogen) atoms. The summed E-state index contributed by atoms with van der Waals surface area (Å²) in [4.78, 5) is 34.8. The van der Waals surface area contributed by atoms with Crippen LogP contribution in [0, 0.1) is 0 Å². The lowest BCUT2D eigenvalue weighted by molar-refractivity contribution is -0.161. The van der Waals surface area contributed by atoms with Gasteiger partial charge in [-0.15, -0.1) is 0 Å². The number of esters is 2. The summed E-state index contributed by atoms with van der Waals surface area (Å²) < 4.78 is 32.6. The number of hydrogen-bond acceptors (Lipinski definition) is 9. The summed E-state index contributed by atoms with van der Waals surface area (Å²) in [7, 11) is -4.61. The number of carbonyl (C=O) groups is 2. The molecule has 0 spiro atoms. The van der Waals surface area contributed by atoms with Crippen LogP contribution in [0.5, 0.6) is 0 Å². The van der Waals surface area contributed by atoms with Crippen molar-refractivity contribution in [2.24, 2.45) is 0 Å². The van der Waals surface area contributed by atoms with Gasteiger partial charge in [0.05, 0.1) is 19.8 Å². The number of aliphatic hydroxyl groups is 2. The fraction of sp³-hybridized carbons (Fsp3) is 0.846. The summed E-state index contributed by atoms with van der Waals surface area (Å²) in [6.45, 7) is 2.32. The van der Waals surface area contributed by atoms with Crippen LogP contribution in [0.3, 0.4) is 0 Å². The van der Waals surface area contributed by atoms with Gasteiger partial charge in [-0.05, 0) is 64.2 Å². The molecule has 0 aromatic carbocycles. The second-order valence-corrected chi connectivity index (χ2v) is 14.8. The lowest BCUT2D eigenvalue weighted by atomic mass is 10.1. The molecule has 0 amide bonds. The van der Waals surface area contributed by atoms with Crippen LogP contribution >= 0.6 is 7.82 Å². The Balaban J connectivity index is 4.36. The number of carbonyl (C=O) groups excluding carboxylic acids is 2. The zero-order valence-electron chi connectivity index (χ0n) is 31.6. The van der Waals surface area contributed by atoms with E-state index in [2.05, 4.69) is 42.7 Å². The highest BCUT2D eigenvalue weighted by molar-refractivity contribution is 7.47. The molecule has 0 bridgehead atoms. The molecule has 0 rings (SSSR count). The normalized spacial score (nSPS) is 14.3. The first-order valence-corrected chi connectivity index (χ1v) is 21.3. The standard InChI is InChI=1S/C39H73O10P/c1-3-5-7-9-11-13-15-17-18-19-21-23-25-27-29-31-39(43)49-37(35-48-50(44,45)47-33-36(41)32-40)34-46-38(42)30-28-26-24-22-20-16-14-12-10-8-6-4-2/h12-15,36-37,40-41H,3-11,16-35H2,1-2H3,(H,44,45)/b14-12+,15-13+/t36-,37+/m0/s1. The number of phosphoric acid groups is 1. The number of phosphoric ester groups is 1. The molecular weight excluding hydrogens is 659 g/mol. The van der Waals surface area contributed by atoms with Gasteiger partial charge in [0.1, 0.15) is 12.7 Å². The molecule has 0 saturated heterocycles. The summed E-state index contributed by atoms with van der Waals surface area (Å²) in [6.07, 6.45) is 32.9. The van der Waals surface area contributed by atoms with Gasteiger partial charge in [0.25, 0.3) is 0 Å². The van der Waals surface area contributed by atoms with Gasteiger partial charge in [-0.25, -0.2) is 4.57 Å². The highest BCUT2D eigenvalue weighted by Crippen LogP contribution is 2.43. The molecule has 11 heteroatoms. The largest absolute Gasteiger partial charge is 0.472 e. The van der Waals surface area contributed by atoms with Gasteiger partial charge in [-0.3, -0.25) is 18.6 Å². The van der Waals surface area contributed by atoms with E-state index in [4.69, 9.17) is 19.1 Å². The van der Waals surface area contributed by atoms with Crippen molar-refractivity contribution in [2.75, 3.05) is 26.4 Å². The van der Waals surface area contributed by atoms with Crippen molar-refractivity contribution in [3.05, 3.63) is 24.3 Å². The van der Waals surface area contributed by atoms with Crippen LogP contribution in [0.1, 0.15) is 174 Å². The van der Waals surface area contributed by atoms with E-state index in [1.807, 2.05) is 0 Å². The van der Waals surface area contributed by atoms with E-state index in [0.29, 0.717) is 12.8 Å². The fourth-order valence-corrected chi connectivity index (χ4v) is 6.01. The van der Waals surface area contributed by atoms with Gasteiger partial charge in [0.15, 0.2) is 6.10 Å². The van der Waals surface area contributed by atoms with Crippen LogP contribution in [0.25, 0.3) is 0 Å². The molecule has 0 aliphatic rings. The molecule has 0 aliphatic heterocycles. The molecule has 0 radical (unpaired) electrons. The van der Waals surface area contributed by atoms with Crippen molar-refractivity contribution < 1.29 is 47.8 Å². The van der Waals surface area contributed by atoms with E-state index in [9.17, 15) is 24.2 Å². The zero-order chi connectivity index (χ0) is 37.0. The first kappa shape index (κ1) is 48.5. The quantitative estimate of drug-likeness (QED) is 0.0244. The van der Waals surface area contributed by atoms with Crippen LogP contribution < -0.4 is 0 Å². The molecule has 0 heterocycles. The minimum absolute atomic E-state index is 0.179. The van der Waals surface area contributed by atoms with Gasteiger partial charge in [0.2, 0.25) is 0 Å². The second kappa shape index (κ2) is 35.8. The minimum atomic E-state index is -4.61. The van der Waals surface area contributed by atoms with E-state index in [1.54, 1.807) is 0 Å². The number of hydrogen-bond donors (Lipinski definition) is 3. The van der Waals surface area contributed by atoms with Gasteiger partial charge < -0.3 is 24.6 Å². The van der Waals surface area contributed by atoms with Crippen molar-refractivity contribution in [1.82, 2.24) is 0 Å². The van der Waals surface area contributed by atoms with E-state index < -0.39 is 51.8 Å². The monoisotopic (exact) mass is 732 g/mol. The van der Waals surface area contributed by atoms with Crippen LogP contribution in [0.15, 0.2) is 24.3 Å². The third-order valence-corrected chi connectivity index (χ3v) is 9.28. The van der Waals surface area contributed by atoms with Gasteiger partial charge >= 0.3 is 19.8 Å². The first-order valence-electron chi connectivity index (χ1n) is 19.8. The molecule has 3 atom stereocenters. The summed E-state index contributed by atoms with van der Waals surface area (Å²) in [5.74, 6) is -0.940. The first-order chi connectivity index (χ1) is 24.2. The number of allylic oxidation sites excluding steroid dienone is 4. The number of ether oxygens (including phenoxy) is 2. The van der Waals surface area contributed by atoms with E-state index in [1.165, 1.54) is 70.6 Å². The Morgan fingerprint density at radius 3 is 1.48 bits per heavy atom. The van der Waals surface area contributed by atoms with E-state index in [0.717, 1.165) is 64.2 Å². The SMILES string of the molecule is CCCCC/C=C/CCCCCCCC(=O)OC[C@H](COP(=O)(O)OC[C@@H](O)CO)OC(=O)CCCCCCCCC/C=C/CCCCCC. The summed E-state index contributed by atoms with van der Waals surface area (Å²) in [5.41, 5.74) is 0. The van der Waals surface area contributed by atoms with Crippen molar-refractivity contribution in [3.8, 4) is 0 Å². The fourth-order valence-electron chi connectivity index (χ4n) is 5.22. The summed E-state index contributed by atoms with van der Waals surface area (Å²) in [5, 5.41) is 18.3.